The smallest absolute Gasteiger partial charge is 0.221 e. The first kappa shape index (κ1) is 12.3. The van der Waals surface area contributed by atoms with E-state index in [1.54, 1.807) is 12.4 Å². The number of nitriles is 1. The highest BCUT2D eigenvalue weighted by molar-refractivity contribution is 7.20. The van der Waals surface area contributed by atoms with Gasteiger partial charge in [-0.1, -0.05) is 0 Å². The second kappa shape index (κ2) is 4.98. The Morgan fingerprint density at radius 1 is 1.44 bits per heavy atom. The summed E-state index contributed by atoms with van der Waals surface area (Å²) >= 11 is 1.41. The molecule has 0 aliphatic heterocycles. The molecule has 2 heterocycles. The van der Waals surface area contributed by atoms with Gasteiger partial charge in [-0.25, -0.2) is 0 Å². The molecule has 4 nitrogen and oxygen atoms in total. The van der Waals surface area contributed by atoms with Gasteiger partial charge in [0.05, 0.1) is 5.56 Å². The standard InChI is InChI=1S/C13H11N3OS/c1-8-11(7-14)13(16-9(2)17)18-12(8)10-3-5-15-6-4-10/h3-6H,1-2H3,(H,16,17). The van der Waals surface area contributed by atoms with Crippen LogP contribution in [0.15, 0.2) is 24.5 Å². The molecule has 0 bridgehead atoms. The maximum absolute atomic E-state index is 11.1. The lowest BCUT2D eigenvalue weighted by Gasteiger charge is -1.97. The van der Waals surface area contributed by atoms with Crippen molar-refractivity contribution in [3.05, 3.63) is 35.7 Å². The van der Waals surface area contributed by atoms with Crippen LogP contribution in [0.1, 0.15) is 18.1 Å². The highest BCUT2D eigenvalue weighted by Gasteiger charge is 2.16. The van der Waals surface area contributed by atoms with Crippen molar-refractivity contribution in [2.24, 2.45) is 0 Å². The fourth-order valence-corrected chi connectivity index (χ4v) is 2.88. The molecule has 0 radical (unpaired) electrons. The van der Waals surface area contributed by atoms with E-state index in [0.29, 0.717) is 10.6 Å². The molecule has 90 valence electrons. The third-order valence-corrected chi connectivity index (χ3v) is 3.75. The Kier molecular flexibility index (Phi) is 3.40. The number of nitrogens with zero attached hydrogens (tertiary/aromatic N) is 2. The summed E-state index contributed by atoms with van der Waals surface area (Å²) in [6.45, 7) is 3.32. The summed E-state index contributed by atoms with van der Waals surface area (Å²) in [5.41, 5.74) is 2.42. The number of pyridine rings is 1. The van der Waals surface area contributed by atoms with E-state index >= 15 is 0 Å². The van der Waals surface area contributed by atoms with Crippen LogP contribution in [-0.2, 0) is 4.79 Å². The zero-order valence-electron chi connectivity index (χ0n) is 10.0. The van der Waals surface area contributed by atoms with Gasteiger partial charge in [-0.2, -0.15) is 5.26 Å². The third-order valence-electron chi connectivity index (χ3n) is 2.49. The molecule has 0 aromatic carbocycles. The summed E-state index contributed by atoms with van der Waals surface area (Å²) in [6, 6.07) is 5.91. The molecular formula is C13H11N3OS. The Morgan fingerprint density at radius 2 is 2.11 bits per heavy atom. The molecule has 2 rings (SSSR count). The van der Waals surface area contributed by atoms with E-state index in [9.17, 15) is 4.79 Å². The number of thiophene rings is 1. The van der Waals surface area contributed by atoms with Crippen molar-refractivity contribution in [3.63, 3.8) is 0 Å². The van der Waals surface area contributed by atoms with Crippen molar-refractivity contribution in [2.45, 2.75) is 13.8 Å². The maximum atomic E-state index is 11.1. The predicted octanol–water partition coefficient (Wildman–Crippen LogP) is 2.95. The van der Waals surface area contributed by atoms with E-state index in [0.717, 1.165) is 16.0 Å². The lowest BCUT2D eigenvalue weighted by molar-refractivity contribution is -0.114. The molecule has 0 saturated carbocycles. The van der Waals surface area contributed by atoms with Crippen LogP contribution in [0, 0.1) is 18.3 Å². The summed E-state index contributed by atoms with van der Waals surface area (Å²) in [4.78, 5) is 16.1. The van der Waals surface area contributed by atoms with Crippen molar-refractivity contribution < 1.29 is 4.79 Å². The maximum Gasteiger partial charge on any atom is 0.221 e. The molecule has 5 heteroatoms. The van der Waals surface area contributed by atoms with E-state index in [4.69, 9.17) is 5.26 Å². The fraction of sp³-hybridized carbons (Fsp3) is 0.154. The van der Waals surface area contributed by atoms with Crippen LogP contribution >= 0.6 is 11.3 Å². The van der Waals surface area contributed by atoms with Crippen LogP contribution < -0.4 is 5.32 Å². The van der Waals surface area contributed by atoms with Gasteiger partial charge in [0.25, 0.3) is 0 Å². The molecule has 1 N–H and O–H groups in total. The number of carbonyl (C=O) groups excluding carboxylic acids is 1. The number of rotatable bonds is 2. The Bertz CT molecular complexity index is 626. The molecule has 0 spiro atoms. The Morgan fingerprint density at radius 3 is 2.67 bits per heavy atom. The van der Waals surface area contributed by atoms with E-state index in [2.05, 4.69) is 16.4 Å². The monoisotopic (exact) mass is 257 g/mol. The molecule has 18 heavy (non-hydrogen) atoms. The van der Waals surface area contributed by atoms with Crippen LogP contribution in [0.3, 0.4) is 0 Å². The molecule has 0 fully saturated rings. The molecular weight excluding hydrogens is 246 g/mol. The van der Waals surface area contributed by atoms with Crippen molar-refractivity contribution in [2.75, 3.05) is 5.32 Å². The molecule has 1 amide bonds. The van der Waals surface area contributed by atoms with E-state index in [1.807, 2.05) is 19.1 Å². The highest BCUT2D eigenvalue weighted by Crippen LogP contribution is 2.39. The van der Waals surface area contributed by atoms with Crippen LogP contribution in [0.4, 0.5) is 5.00 Å². The van der Waals surface area contributed by atoms with Crippen molar-refractivity contribution in [1.82, 2.24) is 4.98 Å². The number of aromatic nitrogens is 1. The minimum Gasteiger partial charge on any atom is -0.317 e. The van der Waals surface area contributed by atoms with E-state index in [1.165, 1.54) is 18.3 Å². The predicted molar refractivity (Wildman–Crippen MR) is 71.3 cm³/mol. The lowest BCUT2D eigenvalue weighted by atomic mass is 10.1. The molecule has 0 saturated heterocycles. The lowest BCUT2D eigenvalue weighted by Crippen LogP contribution is -2.05. The van der Waals surface area contributed by atoms with Gasteiger partial charge < -0.3 is 5.32 Å². The Hall–Kier alpha value is -2.19. The quantitative estimate of drug-likeness (QED) is 0.899. The van der Waals surface area contributed by atoms with Crippen LogP contribution in [0.2, 0.25) is 0 Å². The van der Waals surface area contributed by atoms with E-state index < -0.39 is 0 Å². The fourth-order valence-electron chi connectivity index (χ4n) is 1.67. The number of nitrogens with one attached hydrogen (secondary N) is 1. The highest BCUT2D eigenvalue weighted by atomic mass is 32.1. The molecule has 2 aromatic heterocycles. The van der Waals surface area contributed by atoms with Crippen molar-refractivity contribution in [1.29, 1.82) is 5.26 Å². The first-order chi connectivity index (χ1) is 8.63. The van der Waals surface area contributed by atoms with Crippen LogP contribution in [0.5, 0.6) is 0 Å². The Balaban J connectivity index is 2.54. The Labute approximate surface area is 109 Å². The third kappa shape index (κ3) is 2.24. The summed E-state index contributed by atoms with van der Waals surface area (Å²) in [7, 11) is 0. The van der Waals surface area contributed by atoms with Gasteiger partial charge in [0.2, 0.25) is 5.91 Å². The first-order valence-corrected chi connectivity index (χ1v) is 6.16. The number of anilines is 1. The summed E-state index contributed by atoms with van der Waals surface area (Å²) < 4.78 is 0. The van der Waals surface area contributed by atoms with Gasteiger partial charge in [0, 0.05) is 24.2 Å². The summed E-state index contributed by atoms with van der Waals surface area (Å²) in [6.07, 6.45) is 3.41. The van der Waals surface area contributed by atoms with Gasteiger partial charge in [0.1, 0.15) is 11.1 Å². The van der Waals surface area contributed by atoms with Gasteiger partial charge >= 0.3 is 0 Å². The topological polar surface area (TPSA) is 65.8 Å². The number of hydrogen-bond acceptors (Lipinski definition) is 4. The minimum absolute atomic E-state index is 0.172. The number of amides is 1. The van der Waals surface area contributed by atoms with Gasteiger partial charge in [-0.15, -0.1) is 11.3 Å². The molecule has 0 aliphatic carbocycles. The first-order valence-electron chi connectivity index (χ1n) is 5.35. The normalized spacial score (nSPS) is 9.83. The molecule has 2 aromatic rings. The largest absolute Gasteiger partial charge is 0.317 e. The summed E-state index contributed by atoms with van der Waals surface area (Å²) in [5, 5.41) is 12.5. The number of hydrogen-bond donors (Lipinski definition) is 1. The van der Waals surface area contributed by atoms with E-state index in [-0.39, 0.29) is 5.91 Å². The molecule has 0 unspecified atom stereocenters. The zero-order chi connectivity index (χ0) is 13.1. The van der Waals surface area contributed by atoms with Gasteiger partial charge in [-0.05, 0) is 30.2 Å². The SMILES string of the molecule is CC(=O)Nc1sc(-c2ccncc2)c(C)c1C#N. The average Bonchev–Trinajstić information content (AvgIpc) is 2.66. The van der Waals surface area contributed by atoms with Crippen LogP contribution in [0.25, 0.3) is 10.4 Å². The second-order valence-corrected chi connectivity index (χ2v) is 4.81. The minimum atomic E-state index is -0.172. The van der Waals surface area contributed by atoms with Gasteiger partial charge in [-0.3, -0.25) is 9.78 Å². The molecule has 0 aliphatic rings. The van der Waals surface area contributed by atoms with Gasteiger partial charge in [0.15, 0.2) is 0 Å². The van der Waals surface area contributed by atoms with Crippen molar-refractivity contribution in [3.8, 4) is 16.5 Å². The molecule has 0 atom stereocenters. The number of carbonyl (C=O) groups is 1. The average molecular weight is 257 g/mol. The summed E-state index contributed by atoms with van der Waals surface area (Å²) in [5.74, 6) is -0.172. The zero-order valence-corrected chi connectivity index (χ0v) is 10.8. The van der Waals surface area contributed by atoms with Crippen LogP contribution in [-0.4, -0.2) is 10.9 Å². The van der Waals surface area contributed by atoms with Crippen molar-refractivity contribution >= 4 is 22.2 Å². The second-order valence-electron chi connectivity index (χ2n) is 3.79.